The van der Waals surface area contributed by atoms with Crippen molar-refractivity contribution in [2.75, 3.05) is 45.6 Å². The highest BCUT2D eigenvalue weighted by Crippen LogP contribution is 2.16. The number of likely N-dealkylation sites (N-methyl/N-ethyl adjacent to an activating group) is 1. The van der Waals surface area contributed by atoms with Gasteiger partial charge in [-0.3, -0.25) is 9.59 Å². The molecule has 24 heavy (non-hydrogen) atoms. The van der Waals surface area contributed by atoms with Crippen LogP contribution < -0.4 is 16.0 Å². The zero-order valence-corrected chi connectivity index (χ0v) is 14.6. The Morgan fingerprint density at radius 3 is 2.46 bits per heavy atom. The average Bonchev–Trinajstić information content (AvgIpc) is 2.57. The summed E-state index contributed by atoms with van der Waals surface area (Å²) in [5.41, 5.74) is 1.73. The molecule has 0 aromatic heterocycles. The Bertz CT molecular complexity index is 536. The Morgan fingerprint density at radius 2 is 1.83 bits per heavy atom. The minimum Gasteiger partial charge on any atom is -0.355 e. The van der Waals surface area contributed by atoms with Crippen molar-refractivity contribution in [3.05, 3.63) is 29.8 Å². The van der Waals surface area contributed by atoms with Gasteiger partial charge < -0.3 is 20.9 Å². The van der Waals surface area contributed by atoms with E-state index in [2.05, 4.69) is 16.0 Å². The van der Waals surface area contributed by atoms with E-state index in [4.69, 9.17) is 0 Å². The summed E-state index contributed by atoms with van der Waals surface area (Å²) in [5.74, 6) is 0.197. The molecule has 3 N–H and O–H groups in total. The van der Waals surface area contributed by atoms with Gasteiger partial charge in [0.05, 0.1) is 6.42 Å². The van der Waals surface area contributed by atoms with Gasteiger partial charge in [0.2, 0.25) is 11.8 Å². The first-order valence-corrected chi connectivity index (χ1v) is 8.56. The number of amides is 2. The van der Waals surface area contributed by atoms with Crippen LogP contribution in [-0.2, 0) is 16.0 Å². The lowest BCUT2D eigenvalue weighted by Gasteiger charge is -2.21. The lowest BCUT2D eigenvalue weighted by atomic mass is 9.97. The highest BCUT2D eigenvalue weighted by Gasteiger charge is 2.20. The van der Waals surface area contributed by atoms with Crippen molar-refractivity contribution >= 4 is 17.5 Å². The van der Waals surface area contributed by atoms with Gasteiger partial charge in [0.15, 0.2) is 0 Å². The standard InChI is InChI=1S/C18H28N4O2/c1-22(2)12-11-20-17(23)13-14-3-5-16(6-4-14)21-18(24)15-7-9-19-10-8-15/h3-6,15,19H,7-13H2,1-2H3,(H,20,23)(H,21,24). The van der Waals surface area contributed by atoms with Gasteiger partial charge in [0.25, 0.3) is 0 Å². The van der Waals surface area contributed by atoms with Gasteiger partial charge in [-0.05, 0) is 57.7 Å². The summed E-state index contributed by atoms with van der Waals surface area (Å²) in [6.45, 7) is 3.28. The van der Waals surface area contributed by atoms with Gasteiger partial charge in [-0.15, -0.1) is 0 Å². The number of rotatable bonds is 7. The predicted molar refractivity (Wildman–Crippen MR) is 95.9 cm³/mol. The molecule has 1 fully saturated rings. The molecule has 2 rings (SSSR count). The van der Waals surface area contributed by atoms with Gasteiger partial charge in [-0.1, -0.05) is 12.1 Å². The van der Waals surface area contributed by atoms with E-state index >= 15 is 0 Å². The molecule has 0 bridgehead atoms. The fourth-order valence-corrected chi connectivity index (χ4v) is 2.70. The molecule has 1 aliphatic rings. The Balaban J connectivity index is 1.77. The van der Waals surface area contributed by atoms with Gasteiger partial charge in [-0.25, -0.2) is 0 Å². The van der Waals surface area contributed by atoms with Crippen LogP contribution in [0.3, 0.4) is 0 Å². The molecule has 1 aromatic rings. The molecule has 0 radical (unpaired) electrons. The van der Waals surface area contributed by atoms with E-state index in [1.54, 1.807) is 0 Å². The molecule has 6 nitrogen and oxygen atoms in total. The first-order chi connectivity index (χ1) is 11.5. The molecule has 1 aliphatic heterocycles. The van der Waals surface area contributed by atoms with Crippen LogP contribution in [0, 0.1) is 5.92 Å². The molecule has 0 unspecified atom stereocenters. The summed E-state index contributed by atoms with van der Waals surface area (Å²) >= 11 is 0. The van der Waals surface area contributed by atoms with E-state index in [0.717, 1.165) is 43.7 Å². The molecular weight excluding hydrogens is 304 g/mol. The Morgan fingerprint density at radius 1 is 1.17 bits per heavy atom. The van der Waals surface area contributed by atoms with Crippen molar-refractivity contribution in [2.24, 2.45) is 5.92 Å². The van der Waals surface area contributed by atoms with Crippen LogP contribution in [0.15, 0.2) is 24.3 Å². The maximum absolute atomic E-state index is 12.2. The van der Waals surface area contributed by atoms with Crippen molar-refractivity contribution in [3.63, 3.8) is 0 Å². The van der Waals surface area contributed by atoms with Crippen LogP contribution >= 0.6 is 0 Å². The number of anilines is 1. The fourth-order valence-electron chi connectivity index (χ4n) is 2.70. The molecule has 1 saturated heterocycles. The average molecular weight is 332 g/mol. The summed E-state index contributed by atoms with van der Waals surface area (Å²) in [7, 11) is 3.95. The largest absolute Gasteiger partial charge is 0.355 e. The third kappa shape index (κ3) is 6.29. The van der Waals surface area contributed by atoms with Gasteiger partial charge in [-0.2, -0.15) is 0 Å². The SMILES string of the molecule is CN(C)CCNC(=O)Cc1ccc(NC(=O)C2CCNCC2)cc1. The number of hydrogen-bond donors (Lipinski definition) is 3. The minimum atomic E-state index is 0.0170. The zero-order valence-electron chi connectivity index (χ0n) is 14.6. The summed E-state index contributed by atoms with van der Waals surface area (Å²) in [6.07, 6.45) is 2.13. The van der Waals surface area contributed by atoms with E-state index in [0.29, 0.717) is 13.0 Å². The Kier molecular flexibility index (Phi) is 7.21. The maximum atomic E-state index is 12.2. The smallest absolute Gasteiger partial charge is 0.227 e. The summed E-state index contributed by atoms with van der Waals surface area (Å²) < 4.78 is 0. The quantitative estimate of drug-likeness (QED) is 0.692. The highest BCUT2D eigenvalue weighted by molar-refractivity contribution is 5.92. The Labute approximate surface area is 144 Å². The van der Waals surface area contributed by atoms with E-state index in [9.17, 15) is 9.59 Å². The summed E-state index contributed by atoms with van der Waals surface area (Å²) in [6, 6.07) is 7.51. The maximum Gasteiger partial charge on any atom is 0.227 e. The van der Waals surface area contributed by atoms with E-state index < -0.39 is 0 Å². The number of nitrogens with zero attached hydrogens (tertiary/aromatic N) is 1. The number of nitrogens with one attached hydrogen (secondary N) is 3. The van der Waals surface area contributed by atoms with Crippen LogP contribution in [-0.4, -0.2) is 57.0 Å². The molecule has 0 aliphatic carbocycles. The lowest BCUT2D eigenvalue weighted by molar-refractivity contribution is -0.121. The third-order valence-electron chi connectivity index (χ3n) is 4.18. The number of carbonyl (C=O) groups excluding carboxylic acids is 2. The second-order valence-corrected chi connectivity index (χ2v) is 6.54. The molecular formula is C18H28N4O2. The second-order valence-electron chi connectivity index (χ2n) is 6.54. The van der Waals surface area contributed by atoms with Crippen molar-refractivity contribution in [1.82, 2.24) is 15.5 Å². The summed E-state index contributed by atoms with van der Waals surface area (Å²) in [4.78, 5) is 26.1. The minimum absolute atomic E-state index is 0.0170. The Hall–Kier alpha value is -1.92. The topological polar surface area (TPSA) is 73.5 Å². The number of carbonyl (C=O) groups is 2. The van der Waals surface area contributed by atoms with Gasteiger partial charge >= 0.3 is 0 Å². The van der Waals surface area contributed by atoms with E-state index in [-0.39, 0.29) is 17.7 Å². The monoisotopic (exact) mass is 332 g/mol. The lowest BCUT2D eigenvalue weighted by Crippen LogP contribution is -2.34. The fraction of sp³-hybridized carbons (Fsp3) is 0.556. The van der Waals surface area contributed by atoms with Crippen molar-refractivity contribution < 1.29 is 9.59 Å². The highest BCUT2D eigenvalue weighted by atomic mass is 16.2. The molecule has 132 valence electrons. The molecule has 0 spiro atoms. The second kappa shape index (κ2) is 9.39. The number of hydrogen-bond acceptors (Lipinski definition) is 4. The van der Waals surface area contributed by atoms with Crippen LogP contribution in [0.5, 0.6) is 0 Å². The number of benzene rings is 1. The summed E-state index contributed by atoms with van der Waals surface area (Å²) in [5, 5.41) is 9.12. The molecule has 1 heterocycles. The van der Waals surface area contributed by atoms with Crippen LogP contribution in [0.1, 0.15) is 18.4 Å². The van der Waals surface area contributed by atoms with Crippen molar-refractivity contribution in [1.29, 1.82) is 0 Å². The van der Waals surface area contributed by atoms with Crippen LogP contribution in [0.25, 0.3) is 0 Å². The van der Waals surface area contributed by atoms with Gasteiger partial charge in [0, 0.05) is 24.7 Å². The van der Waals surface area contributed by atoms with Crippen molar-refractivity contribution in [2.45, 2.75) is 19.3 Å². The normalized spacial score (nSPS) is 15.3. The molecule has 6 heteroatoms. The first kappa shape index (κ1) is 18.4. The molecule has 1 aromatic carbocycles. The molecule has 2 amide bonds. The zero-order chi connectivity index (χ0) is 17.4. The van der Waals surface area contributed by atoms with Gasteiger partial charge in [0.1, 0.15) is 0 Å². The molecule has 0 saturated carbocycles. The van der Waals surface area contributed by atoms with E-state index in [1.165, 1.54) is 0 Å². The third-order valence-corrected chi connectivity index (χ3v) is 4.18. The molecule has 0 atom stereocenters. The predicted octanol–water partition coefficient (Wildman–Crippen LogP) is 0.845. The van der Waals surface area contributed by atoms with Crippen LogP contribution in [0.4, 0.5) is 5.69 Å². The van der Waals surface area contributed by atoms with E-state index in [1.807, 2.05) is 43.3 Å². The van der Waals surface area contributed by atoms with Crippen molar-refractivity contribution in [3.8, 4) is 0 Å². The van der Waals surface area contributed by atoms with Crippen LogP contribution in [0.2, 0.25) is 0 Å². The number of piperidine rings is 1. The first-order valence-electron chi connectivity index (χ1n) is 8.56.